The Balaban J connectivity index is 0.000000181. The van der Waals surface area contributed by atoms with Crippen LogP contribution >= 0.6 is 0 Å². The van der Waals surface area contributed by atoms with Crippen LogP contribution in [0.5, 0.6) is 34.5 Å². The van der Waals surface area contributed by atoms with Gasteiger partial charge in [-0.2, -0.15) is 10.2 Å². The van der Waals surface area contributed by atoms with Gasteiger partial charge in [-0.25, -0.2) is 18.4 Å². The Morgan fingerprint density at radius 2 is 1.02 bits per heavy atom. The number of rotatable bonds is 6. The molecule has 4 aromatic carbocycles. The molecule has 0 atom stereocenters. The third-order valence-electron chi connectivity index (χ3n) is 6.78. The number of phenols is 2. The first kappa shape index (κ1) is 31.3. The minimum absolute atomic E-state index is 0.116. The summed E-state index contributed by atoms with van der Waals surface area (Å²) >= 11 is 0. The molecule has 2 N–H and O–H groups in total. The van der Waals surface area contributed by atoms with Gasteiger partial charge in [0.05, 0.1) is 37.6 Å². The number of methoxy groups -OCH3 is 2. The highest BCUT2D eigenvalue weighted by atomic mass is 19.1. The van der Waals surface area contributed by atoms with Gasteiger partial charge in [-0.05, 0) is 36.4 Å². The Bertz CT molecular complexity index is 1960. The molecule has 0 aliphatic heterocycles. The summed E-state index contributed by atoms with van der Waals surface area (Å²) in [6.45, 7) is 0. The standard InChI is InChI=1S/2C16H13FN2O4/c2*1-19-13-7-15(23-14-4-3-10(20)6-12(14)17)11(16(21)22-2)5-9(13)8-18-19/h2*3-8,20H,1-2H3. The van der Waals surface area contributed by atoms with Gasteiger partial charge in [-0.15, -0.1) is 0 Å². The van der Waals surface area contributed by atoms with Gasteiger partial charge in [0.2, 0.25) is 0 Å². The molecule has 0 saturated heterocycles. The molecule has 0 fully saturated rings. The third kappa shape index (κ3) is 6.36. The zero-order valence-electron chi connectivity index (χ0n) is 24.8. The quantitative estimate of drug-likeness (QED) is 0.210. The molecule has 0 unspecified atom stereocenters. The zero-order valence-corrected chi connectivity index (χ0v) is 24.8. The average Bonchev–Trinajstić information content (AvgIpc) is 3.59. The first-order valence-corrected chi connectivity index (χ1v) is 13.4. The van der Waals surface area contributed by atoms with Gasteiger partial charge in [-0.1, -0.05) is 0 Å². The van der Waals surface area contributed by atoms with Crippen LogP contribution in [0.25, 0.3) is 21.8 Å². The van der Waals surface area contributed by atoms with Crippen molar-refractivity contribution in [1.82, 2.24) is 19.6 Å². The van der Waals surface area contributed by atoms with Crippen LogP contribution in [-0.2, 0) is 23.6 Å². The smallest absolute Gasteiger partial charge is 0.341 e. The molecule has 14 heteroatoms. The van der Waals surface area contributed by atoms with Crippen LogP contribution in [-0.4, -0.2) is 55.9 Å². The fourth-order valence-electron chi connectivity index (χ4n) is 4.45. The van der Waals surface area contributed by atoms with E-state index in [0.29, 0.717) is 11.0 Å². The zero-order chi connectivity index (χ0) is 33.1. The molecule has 6 aromatic rings. The van der Waals surface area contributed by atoms with E-state index in [1.54, 1.807) is 60.1 Å². The van der Waals surface area contributed by atoms with Gasteiger partial charge in [0.25, 0.3) is 0 Å². The number of carbonyl (C=O) groups excluding carboxylic acids is 2. The van der Waals surface area contributed by atoms with Gasteiger partial charge < -0.3 is 29.2 Å². The summed E-state index contributed by atoms with van der Waals surface area (Å²) in [4.78, 5) is 23.9. The second-order valence-corrected chi connectivity index (χ2v) is 9.77. The molecule has 0 amide bonds. The molecule has 236 valence electrons. The summed E-state index contributed by atoms with van der Waals surface area (Å²) in [5, 5.41) is 28.2. The number of benzene rings is 4. The Kier molecular flexibility index (Phi) is 8.71. The SMILES string of the molecule is COC(=O)c1cc2cnn(C)c2cc1Oc1ccc(O)cc1F.COC(=O)c1cc2cnn(C)c2cc1Oc1ccc(O)cc1F. The molecule has 0 saturated carbocycles. The largest absolute Gasteiger partial charge is 0.508 e. The van der Waals surface area contributed by atoms with E-state index in [-0.39, 0.29) is 45.6 Å². The van der Waals surface area contributed by atoms with Gasteiger partial charge in [-0.3, -0.25) is 9.36 Å². The topological polar surface area (TPSA) is 147 Å². The van der Waals surface area contributed by atoms with Crippen molar-refractivity contribution in [2.24, 2.45) is 14.1 Å². The number of hydrogen-bond donors (Lipinski definition) is 2. The summed E-state index contributed by atoms with van der Waals surface area (Å²) < 4.78 is 51.5. The number of aryl methyl sites for hydroxylation is 2. The van der Waals surface area contributed by atoms with Crippen LogP contribution in [0.1, 0.15) is 20.7 Å². The van der Waals surface area contributed by atoms with Gasteiger partial charge in [0.1, 0.15) is 34.1 Å². The fraction of sp³-hybridized carbons (Fsp3) is 0.125. The lowest BCUT2D eigenvalue weighted by atomic mass is 10.1. The van der Waals surface area contributed by atoms with Crippen molar-refractivity contribution >= 4 is 33.7 Å². The highest BCUT2D eigenvalue weighted by molar-refractivity contribution is 5.98. The van der Waals surface area contributed by atoms with E-state index in [1.807, 2.05) is 0 Å². The normalized spacial score (nSPS) is 10.7. The number of halogens is 2. The van der Waals surface area contributed by atoms with E-state index in [9.17, 15) is 28.6 Å². The van der Waals surface area contributed by atoms with Gasteiger partial charge in [0.15, 0.2) is 23.1 Å². The summed E-state index contributed by atoms with van der Waals surface area (Å²) in [5.74, 6) is -3.10. The molecule has 6 rings (SSSR count). The fourth-order valence-corrected chi connectivity index (χ4v) is 4.45. The number of aromatic nitrogens is 4. The minimum atomic E-state index is -0.745. The number of hydrogen-bond acceptors (Lipinski definition) is 10. The second kappa shape index (κ2) is 12.8. The predicted molar refractivity (Wildman–Crippen MR) is 160 cm³/mol. The first-order chi connectivity index (χ1) is 22.0. The van der Waals surface area contributed by atoms with E-state index in [4.69, 9.17) is 18.9 Å². The molecule has 0 aliphatic rings. The van der Waals surface area contributed by atoms with Crippen molar-refractivity contribution in [3.8, 4) is 34.5 Å². The maximum atomic E-state index is 13.9. The lowest BCUT2D eigenvalue weighted by molar-refractivity contribution is 0.0589. The van der Waals surface area contributed by atoms with Crippen LogP contribution < -0.4 is 9.47 Å². The second-order valence-electron chi connectivity index (χ2n) is 9.77. The van der Waals surface area contributed by atoms with Crippen molar-refractivity contribution in [3.63, 3.8) is 0 Å². The highest BCUT2D eigenvalue weighted by Gasteiger charge is 2.20. The maximum absolute atomic E-state index is 13.9. The van der Waals surface area contributed by atoms with Crippen molar-refractivity contribution in [2.75, 3.05) is 14.2 Å². The van der Waals surface area contributed by atoms with Gasteiger partial charge in [0, 0.05) is 49.1 Å². The van der Waals surface area contributed by atoms with Crippen molar-refractivity contribution < 1.29 is 47.5 Å². The van der Waals surface area contributed by atoms with Crippen molar-refractivity contribution in [1.29, 1.82) is 0 Å². The van der Waals surface area contributed by atoms with E-state index in [0.717, 1.165) is 22.9 Å². The van der Waals surface area contributed by atoms with E-state index < -0.39 is 23.6 Å². The molecule has 2 heterocycles. The molecule has 12 nitrogen and oxygen atoms in total. The summed E-state index contributed by atoms with van der Waals surface area (Å²) in [5.41, 5.74) is 1.74. The third-order valence-corrected chi connectivity index (χ3v) is 6.78. The molecule has 2 aromatic heterocycles. The van der Waals surface area contributed by atoms with Crippen LogP contribution in [0.2, 0.25) is 0 Å². The van der Waals surface area contributed by atoms with E-state index >= 15 is 0 Å². The number of phenolic OH excluding ortho intramolecular Hbond substituents is 2. The summed E-state index contributed by atoms with van der Waals surface area (Å²) in [6.07, 6.45) is 3.21. The molecule has 0 spiro atoms. The van der Waals surface area contributed by atoms with Crippen molar-refractivity contribution in [2.45, 2.75) is 0 Å². The van der Waals surface area contributed by atoms with Crippen LogP contribution in [0.15, 0.2) is 73.1 Å². The summed E-state index contributed by atoms with van der Waals surface area (Å²) in [6, 6.07) is 13.3. The monoisotopic (exact) mass is 632 g/mol. The average molecular weight is 633 g/mol. The van der Waals surface area contributed by atoms with Crippen LogP contribution in [0, 0.1) is 11.6 Å². The van der Waals surface area contributed by atoms with E-state index in [2.05, 4.69) is 10.2 Å². The van der Waals surface area contributed by atoms with E-state index in [1.165, 1.54) is 38.5 Å². The lowest BCUT2D eigenvalue weighted by Crippen LogP contribution is -2.04. The molecular weight excluding hydrogens is 606 g/mol. The predicted octanol–water partition coefficient (Wildman–Crippen LogP) is 5.99. The molecule has 0 aliphatic carbocycles. The number of nitrogens with zero attached hydrogens (tertiary/aromatic N) is 4. The molecule has 46 heavy (non-hydrogen) atoms. The van der Waals surface area contributed by atoms with Gasteiger partial charge >= 0.3 is 11.9 Å². The summed E-state index contributed by atoms with van der Waals surface area (Å²) in [7, 11) is 5.98. The Labute approximate surface area is 259 Å². The van der Waals surface area contributed by atoms with Crippen LogP contribution in [0.3, 0.4) is 0 Å². The molecule has 0 radical (unpaired) electrons. The minimum Gasteiger partial charge on any atom is -0.508 e. The number of fused-ring (bicyclic) bond motifs is 2. The number of carbonyl (C=O) groups is 2. The molecule has 0 bridgehead atoms. The van der Waals surface area contributed by atoms with Crippen molar-refractivity contribution in [3.05, 3.63) is 95.8 Å². The number of aromatic hydroxyl groups is 2. The van der Waals surface area contributed by atoms with Crippen LogP contribution in [0.4, 0.5) is 8.78 Å². The molecular formula is C32H26F2N4O8. The Morgan fingerprint density at radius 3 is 1.37 bits per heavy atom. The highest BCUT2D eigenvalue weighted by Crippen LogP contribution is 2.34. The Morgan fingerprint density at radius 1 is 0.630 bits per heavy atom. The Hall–Kier alpha value is -6.18. The first-order valence-electron chi connectivity index (χ1n) is 13.4. The number of esters is 2. The lowest BCUT2D eigenvalue weighted by Gasteiger charge is -2.11. The maximum Gasteiger partial charge on any atom is 0.341 e. The number of ether oxygens (including phenoxy) is 4.